The Morgan fingerprint density at radius 1 is 1.43 bits per heavy atom. The number of nitrogens with zero attached hydrogens (tertiary/aromatic N) is 1. The predicted octanol–water partition coefficient (Wildman–Crippen LogP) is 2.13. The van der Waals surface area contributed by atoms with Crippen molar-refractivity contribution in [3.63, 3.8) is 0 Å². The summed E-state index contributed by atoms with van der Waals surface area (Å²) in [6.45, 7) is 4.88. The topological polar surface area (TPSA) is 50.4 Å². The van der Waals surface area contributed by atoms with Crippen molar-refractivity contribution >= 4 is 11.6 Å². The molecule has 0 aliphatic heterocycles. The lowest BCUT2D eigenvalue weighted by molar-refractivity contribution is 0.929. The van der Waals surface area contributed by atoms with E-state index in [0.29, 0.717) is 5.96 Å². The lowest BCUT2D eigenvalue weighted by atomic mass is 10.2. The number of nitrogens with one attached hydrogen (secondary N) is 1. The first kappa shape index (κ1) is 10.6. The third kappa shape index (κ3) is 3.09. The van der Waals surface area contributed by atoms with Gasteiger partial charge in [0.2, 0.25) is 0 Å². The molecule has 1 aromatic rings. The lowest BCUT2D eigenvalue weighted by Crippen LogP contribution is -2.23. The number of para-hydroxylation sites is 1. The molecule has 3 N–H and O–H groups in total. The standard InChI is InChI=1S/C11H17N3/c1-3-8-13-11(12)14-10-7-5-4-6-9(10)2/h4-7H,3,8H2,1-2H3,(H3,12,13,14). The maximum atomic E-state index is 5.70. The number of hydrogen-bond donors (Lipinski definition) is 2. The molecule has 0 heterocycles. The van der Waals surface area contributed by atoms with Gasteiger partial charge in [0.15, 0.2) is 5.96 Å². The number of guanidine groups is 1. The summed E-state index contributed by atoms with van der Waals surface area (Å²) < 4.78 is 0. The third-order valence-electron chi connectivity index (χ3n) is 1.91. The van der Waals surface area contributed by atoms with Gasteiger partial charge in [0.05, 0.1) is 0 Å². The molecule has 0 aliphatic rings. The Hall–Kier alpha value is -1.51. The summed E-state index contributed by atoms with van der Waals surface area (Å²) in [5, 5.41) is 3.07. The fraction of sp³-hybridized carbons (Fsp3) is 0.364. The van der Waals surface area contributed by atoms with Gasteiger partial charge in [0.1, 0.15) is 0 Å². The average molecular weight is 191 g/mol. The first-order valence-corrected chi connectivity index (χ1v) is 4.86. The molecule has 0 spiro atoms. The highest BCUT2D eigenvalue weighted by Crippen LogP contribution is 2.12. The highest BCUT2D eigenvalue weighted by atomic mass is 15.1. The van der Waals surface area contributed by atoms with Crippen LogP contribution in [-0.4, -0.2) is 12.5 Å². The van der Waals surface area contributed by atoms with Crippen molar-refractivity contribution in [3.05, 3.63) is 29.8 Å². The number of rotatable bonds is 3. The van der Waals surface area contributed by atoms with E-state index in [1.54, 1.807) is 0 Å². The van der Waals surface area contributed by atoms with Gasteiger partial charge in [-0.1, -0.05) is 25.1 Å². The molecule has 0 saturated carbocycles. The second kappa shape index (κ2) is 5.27. The van der Waals surface area contributed by atoms with E-state index < -0.39 is 0 Å². The van der Waals surface area contributed by atoms with Crippen molar-refractivity contribution in [1.29, 1.82) is 0 Å². The minimum atomic E-state index is 0.487. The average Bonchev–Trinajstić information content (AvgIpc) is 2.18. The van der Waals surface area contributed by atoms with Crippen LogP contribution in [0, 0.1) is 6.92 Å². The molecule has 0 amide bonds. The number of hydrogen-bond acceptors (Lipinski definition) is 1. The van der Waals surface area contributed by atoms with E-state index in [1.165, 1.54) is 5.56 Å². The Morgan fingerprint density at radius 3 is 2.79 bits per heavy atom. The molecular formula is C11H17N3. The van der Waals surface area contributed by atoms with E-state index in [-0.39, 0.29) is 0 Å². The molecule has 0 bridgehead atoms. The van der Waals surface area contributed by atoms with Gasteiger partial charge in [0, 0.05) is 12.2 Å². The quantitative estimate of drug-likeness (QED) is 0.568. The summed E-state index contributed by atoms with van der Waals surface area (Å²) in [5.41, 5.74) is 7.89. The van der Waals surface area contributed by atoms with Crippen LogP contribution < -0.4 is 11.1 Å². The van der Waals surface area contributed by atoms with Gasteiger partial charge >= 0.3 is 0 Å². The molecule has 0 fully saturated rings. The SMILES string of the molecule is CCCN=C(N)Nc1ccccc1C. The molecule has 1 aromatic carbocycles. The fourth-order valence-electron chi connectivity index (χ4n) is 1.12. The molecule has 14 heavy (non-hydrogen) atoms. The molecule has 1 rings (SSSR count). The van der Waals surface area contributed by atoms with Gasteiger partial charge in [-0.3, -0.25) is 4.99 Å². The van der Waals surface area contributed by atoms with Crippen molar-refractivity contribution in [2.24, 2.45) is 10.7 Å². The Labute approximate surface area is 85.0 Å². The van der Waals surface area contributed by atoms with Crippen LogP contribution in [-0.2, 0) is 0 Å². The van der Waals surface area contributed by atoms with Crippen LogP contribution in [0.2, 0.25) is 0 Å². The van der Waals surface area contributed by atoms with Crippen LogP contribution in [0.5, 0.6) is 0 Å². The van der Waals surface area contributed by atoms with Gasteiger partial charge in [-0.2, -0.15) is 0 Å². The molecule has 76 valence electrons. The molecule has 3 heteroatoms. The Morgan fingerprint density at radius 2 is 2.14 bits per heavy atom. The number of nitrogens with two attached hydrogens (primary N) is 1. The van der Waals surface area contributed by atoms with Gasteiger partial charge in [0.25, 0.3) is 0 Å². The highest BCUT2D eigenvalue weighted by Gasteiger charge is 1.96. The largest absolute Gasteiger partial charge is 0.370 e. The van der Waals surface area contributed by atoms with Crippen LogP contribution in [0.25, 0.3) is 0 Å². The Balaban J connectivity index is 2.64. The van der Waals surface area contributed by atoms with E-state index in [0.717, 1.165) is 18.7 Å². The molecule has 0 unspecified atom stereocenters. The monoisotopic (exact) mass is 191 g/mol. The van der Waals surface area contributed by atoms with Crippen molar-refractivity contribution in [2.45, 2.75) is 20.3 Å². The van der Waals surface area contributed by atoms with Crippen molar-refractivity contribution in [3.8, 4) is 0 Å². The maximum Gasteiger partial charge on any atom is 0.193 e. The molecule has 0 radical (unpaired) electrons. The smallest absolute Gasteiger partial charge is 0.193 e. The first-order valence-electron chi connectivity index (χ1n) is 4.86. The summed E-state index contributed by atoms with van der Waals surface area (Å²) in [5.74, 6) is 0.487. The van der Waals surface area contributed by atoms with Gasteiger partial charge in [-0.15, -0.1) is 0 Å². The fourth-order valence-corrected chi connectivity index (χ4v) is 1.12. The number of anilines is 1. The minimum Gasteiger partial charge on any atom is -0.370 e. The van der Waals surface area contributed by atoms with Crippen molar-refractivity contribution in [2.75, 3.05) is 11.9 Å². The number of aryl methyl sites for hydroxylation is 1. The van der Waals surface area contributed by atoms with Gasteiger partial charge in [-0.25, -0.2) is 0 Å². The number of aliphatic imine (C=N–C) groups is 1. The molecule has 0 atom stereocenters. The summed E-state index contributed by atoms with van der Waals surface area (Å²) in [7, 11) is 0. The van der Waals surface area contributed by atoms with Crippen LogP contribution in [0.1, 0.15) is 18.9 Å². The van der Waals surface area contributed by atoms with E-state index in [9.17, 15) is 0 Å². The summed E-state index contributed by atoms with van der Waals surface area (Å²) in [6, 6.07) is 8.00. The molecular weight excluding hydrogens is 174 g/mol. The van der Waals surface area contributed by atoms with Crippen molar-refractivity contribution < 1.29 is 0 Å². The Bertz CT molecular complexity index is 318. The second-order valence-electron chi connectivity index (χ2n) is 3.21. The first-order chi connectivity index (χ1) is 6.74. The van der Waals surface area contributed by atoms with Crippen LogP contribution in [0.4, 0.5) is 5.69 Å². The van der Waals surface area contributed by atoms with Gasteiger partial charge in [-0.05, 0) is 25.0 Å². The number of benzene rings is 1. The zero-order valence-corrected chi connectivity index (χ0v) is 8.75. The van der Waals surface area contributed by atoms with Crippen LogP contribution in [0.3, 0.4) is 0 Å². The van der Waals surface area contributed by atoms with Gasteiger partial charge < -0.3 is 11.1 Å². The zero-order valence-electron chi connectivity index (χ0n) is 8.75. The second-order valence-corrected chi connectivity index (χ2v) is 3.21. The molecule has 0 aromatic heterocycles. The minimum absolute atomic E-state index is 0.487. The highest BCUT2D eigenvalue weighted by molar-refractivity contribution is 5.92. The predicted molar refractivity (Wildman–Crippen MR) is 61.6 cm³/mol. The van der Waals surface area contributed by atoms with E-state index in [4.69, 9.17) is 5.73 Å². The lowest BCUT2D eigenvalue weighted by Gasteiger charge is -2.07. The van der Waals surface area contributed by atoms with E-state index in [1.807, 2.05) is 31.2 Å². The summed E-state index contributed by atoms with van der Waals surface area (Å²) in [4.78, 5) is 4.16. The summed E-state index contributed by atoms with van der Waals surface area (Å²) in [6.07, 6.45) is 1.01. The normalized spacial score (nSPS) is 11.4. The zero-order chi connectivity index (χ0) is 10.4. The molecule has 3 nitrogen and oxygen atoms in total. The maximum absolute atomic E-state index is 5.70. The summed E-state index contributed by atoms with van der Waals surface area (Å²) >= 11 is 0. The Kier molecular flexibility index (Phi) is 3.98. The molecule has 0 aliphatic carbocycles. The van der Waals surface area contributed by atoms with Crippen molar-refractivity contribution in [1.82, 2.24) is 0 Å². The third-order valence-corrected chi connectivity index (χ3v) is 1.91. The van der Waals surface area contributed by atoms with E-state index >= 15 is 0 Å². The molecule has 0 saturated heterocycles. The van der Waals surface area contributed by atoms with E-state index in [2.05, 4.69) is 17.2 Å². The van der Waals surface area contributed by atoms with Crippen LogP contribution >= 0.6 is 0 Å². The van der Waals surface area contributed by atoms with Crippen LogP contribution in [0.15, 0.2) is 29.3 Å².